The molecule has 4 heteroatoms. The van der Waals surface area contributed by atoms with E-state index >= 15 is 0 Å². The van der Waals surface area contributed by atoms with Gasteiger partial charge < -0.3 is 9.47 Å². The van der Waals surface area contributed by atoms with Crippen LogP contribution in [0.25, 0.3) is 6.08 Å². The minimum atomic E-state index is -0.450. The van der Waals surface area contributed by atoms with Crippen LogP contribution >= 0.6 is 0 Å². The Morgan fingerprint density at radius 1 is 1.09 bits per heavy atom. The highest BCUT2D eigenvalue weighted by molar-refractivity contribution is 6.12. The van der Waals surface area contributed by atoms with Crippen molar-refractivity contribution in [2.75, 3.05) is 6.61 Å². The molecular weight excluding hydrogens is 290 g/mol. The summed E-state index contributed by atoms with van der Waals surface area (Å²) in [6, 6.07) is 16.9. The average molecular weight is 307 g/mol. The maximum atomic E-state index is 12.0. The van der Waals surface area contributed by atoms with Crippen molar-refractivity contribution in [2.45, 2.75) is 13.3 Å². The number of hydrogen-bond donors (Lipinski definition) is 0. The van der Waals surface area contributed by atoms with Gasteiger partial charge in [-0.05, 0) is 30.7 Å². The molecule has 1 aliphatic rings. The van der Waals surface area contributed by atoms with E-state index in [2.05, 4.69) is 4.99 Å². The number of aliphatic imine (C=N–C) groups is 1. The Morgan fingerprint density at radius 2 is 1.83 bits per heavy atom. The number of para-hydroxylation sites is 1. The molecule has 2 aromatic carbocycles. The zero-order valence-electron chi connectivity index (χ0n) is 12.9. The summed E-state index contributed by atoms with van der Waals surface area (Å²) >= 11 is 0. The first kappa shape index (κ1) is 15.0. The van der Waals surface area contributed by atoms with Gasteiger partial charge in [-0.1, -0.05) is 43.3 Å². The van der Waals surface area contributed by atoms with Crippen molar-refractivity contribution in [2.24, 2.45) is 4.99 Å². The highest BCUT2D eigenvalue weighted by atomic mass is 16.6. The van der Waals surface area contributed by atoms with Gasteiger partial charge in [0.2, 0.25) is 5.90 Å². The second-order valence-electron chi connectivity index (χ2n) is 5.09. The maximum absolute atomic E-state index is 12.0. The number of hydrogen-bond acceptors (Lipinski definition) is 4. The lowest BCUT2D eigenvalue weighted by molar-refractivity contribution is -0.129. The van der Waals surface area contributed by atoms with E-state index in [1.165, 1.54) is 0 Å². The quantitative estimate of drug-likeness (QED) is 0.623. The highest BCUT2D eigenvalue weighted by Crippen LogP contribution is 2.24. The van der Waals surface area contributed by atoms with Crippen LogP contribution in [0.5, 0.6) is 5.75 Å². The van der Waals surface area contributed by atoms with Crippen molar-refractivity contribution >= 4 is 17.9 Å². The number of carbonyl (C=O) groups is 1. The Morgan fingerprint density at radius 3 is 2.61 bits per heavy atom. The van der Waals surface area contributed by atoms with Crippen LogP contribution in [0.4, 0.5) is 0 Å². The second-order valence-corrected chi connectivity index (χ2v) is 5.09. The van der Waals surface area contributed by atoms with E-state index in [4.69, 9.17) is 9.47 Å². The molecule has 1 heterocycles. The molecule has 116 valence electrons. The minimum absolute atomic E-state index is 0.274. The van der Waals surface area contributed by atoms with Crippen LogP contribution < -0.4 is 4.74 Å². The molecule has 0 atom stereocenters. The summed E-state index contributed by atoms with van der Waals surface area (Å²) in [5.41, 5.74) is 1.86. The number of nitrogens with zero attached hydrogens (tertiary/aromatic N) is 1. The molecule has 0 fully saturated rings. The number of carbonyl (C=O) groups excluding carboxylic acids is 1. The smallest absolute Gasteiger partial charge is 0.363 e. The van der Waals surface area contributed by atoms with Crippen LogP contribution in [0, 0.1) is 0 Å². The van der Waals surface area contributed by atoms with Gasteiger partial charge in [0.05, 0.1) is 6.61 Å². The van der Waals surface area contributed by atoms with Gasteiger partial charge in [-0.3, -0.25) is 0 Å². The van der Waals surface area contributed by atoms with E-state index in [9.17, 15) is 4.79 Å². The van der Waals surface area contributed by atoms with E-state index in [1.54, 1.807) is 6.08 Å². The molecule has 0 radical (unpaired) electrons. The molecule has 0 unspecified atom stereocenters. The Balaban J connectivity index is 1.91. The summed E-state index contributed by atoms with van der Waals surface area (Å²) < 4.78 is 11.0. The molecule has 1 aliphatic heterocycles. The van der Waals surface area contributed by atoms with Gasteiger partial charge in [-0.25, -0.2) is 9.79 Å². The number of cyclic esters (lactones) is 1. The SMILES string of the molecule is CCCOc1ccccc1C=C1N=C(c2ccccc2)OC1=O. The topological polar surface area (TPSA) is 47.9 Å². The van der Waals surface area contributed by atoms with Crippen molar-refractivity contribution in [3.05, 3.63) is 71.4 Å². The van der Waals surface area contributed by atoms with Crippen molar-refractivity contribution in [1.29, 1.82) is 0 Å². The van der Waals surface area contributed by atoms with Crippen LogP contribution in [0.2, 0.25) is 0 Å². The molecule has 0 aliphatic carbocycles. The lowest BCUT2D eigenvalue weighted by Gasteiger charge is -2.07. The zero-order valence-corrected chi connectivity index (χ0v) is 12.9. The van der Waals surface area contributed by atoms with Gasteiger partial charge >= 0.3 is 5.97 Å². The van der Waals surface area contributed by atoms with Crippen molar-refractivity contribution in [1.82, 2.24) is 0 Å². The third kappa shape index (κ3) is 3.48. The summed E-state index contributed by atoms with van der Waals surface area (Å²) in [7, 11) is 0. The van der Waals surface area contributed by atoms with Crippen molar-refractivity contribution < 1.29 is 14.3 Å². The standard InChI is InChI=1S/C19H17NO3/c1-2-12-22-17-11-7-6-10-15(17)13-16-19(21)23-18(20-16)14-8-4-3-5-9-14/h3-11,13H,2,12H2,1H3. The van der Waals surface area contributed by atoms with Gasteiger partial charge in [0.25, 0.3) is 0 Å². The Bertz CT molecular complexity index is 763. The van der Waals surface area contributed by atoms with Gasteiger partial charge in [-0.2, -0.15) is 0 Å². The molecule has 23 heavy (non-hydrogen) atoms. The number of benzene rings is 2. The van der Waals surface area contributed by atoms with Crippen LogP contribution in [0.1, 0.15) is 24.5 Å². The monoisotopic (exact) mass is 307 g/mol. The van der Waals surface area contributed by atoms with E-state index in [0.29, 0.717) is 12.5 Å². The fraction of sp³-hybridized carbons (Fsp3) is 0.158. The molecular formula is C19H17NO3. The largest absolute Gasteiger partial charge is 0.493 e. The predicted octanol–water partition coefficient (Wildman–Crippen LogP) is 3.82. The molecule has 0 saturated carbocycles. The second kappa shape index (κ2) is 6.92. The molecule has 0 aromatic heterocycles. The lowest BCUT2D eigenvalue weighted by atomic mass is 10.1. The Kier molecular flexibility index (Phi) is 4.52. The summed E-state index contributed by atoms with van der Waals surface area (Å²) in [6.45, 7) is 2.68. The first-order chi connectivity index (χ1) is 11.3. The fourth-order valence-electron chi connectivity index (χ4n) is 2.20. The zero-order chi connectivity index (χ0) is 16.1. The van der Waals surface area contributed by atoms with Crippen molar-refractivity contribution in [3.63, 3.8) is 0 Å². The van der Waals surface area contributed by atoms with Crippen LogP contribution in [0.3, 0.4) is 0 Å². The van der Waals surface area contributed by atoms with E-state index < -0.39 is 5.97 Å². The molecule has 0 amide bonds. The summed E-state index contributed by atoms with van der Waals surface area (Å²) in [4.78, 5) is 16.3. The van der Waals surface area contributed by atoms with Crippen LogP contribution in [-0.2, 0) is 9.53 Å². The summed E-state index contributed by atoms with van der Waals surface area (Å²) in [5.74, 6) is 0.612. The molecule has 4 nitrogen and oxygen atoms in total. The Hall–Kier alpha value is -2.88. The predicted molar refractivity (Wildman–Crippen MR) is 89.3 cm³/mol. The van der Waals surface area contributed by atoms with E-state index in [0.717, 1.165) is 23.3 Å². The normalized spacial score (nSPS) is 15.4. The van der Waals surface area contributed by atoms with Crippen molar-refractivity contribution in [3.8, 4) is 5.75 Å². The molecule has 0 N–H and O–H groups in total. The van der Waals surface area contributed by atoms with Gasteiger partial charge in [-0.15, -0.1) is 0 Å². The highest BCUT2D eigenvalue weighted by Gasteiger charge is 2.24. The van der Waals surface area contributed by atoms with E-state index in [-0.39, 0.29) is 5.70 Å². The molecule has 3 rings (SSSR count). The molecule has 0 bridgehead atoms. The molecule has 0 saturated heterocycles. The van der Waals surface area contributed by atoms with Gasteiger partial charge in [0.15, 0.2) is 5.70 Å². The van der Waals surface area contributed by atoms with E-state index in [1.807, 2.05) is 61.5 Å². The van der Waals surface area contributed by atoms with Gasteiger partial charge in [0.1, 0.15) is 5.75 Å². The molecule has 2 aromatic rings. The third-order valence-electron chi connectivity index (χ3n) is 3.31. The fourth-order valence-corrected chi connectivity index (χ4v) is 2.20. The van der Waals surface area contributed by atoms with Gasteiger partial charge in [0, 0.05) is 11.1 Å². The third-order valence-corrected chi connectivity index (χ3v) is 3.31. The van der Waals surface area contributed by atoms with Crippen LogP contribution in [0.15, 0.2) is 65.3 Å². The summed E-state index contributed by atoms with van der Waals surface area (Å²) in [6.07, 6.45) is 2.62. The summed E-state index contributed by atoms with van der Waals surface area (Å²) in [5, 5.41) is 0. The van der Waals surface area contributed by atoms with Crippen LogP contribution in [-0.4, -0.2) is 18.5 Å². The Labute approximate surface area is 135 Å². The number of ether oxygens (including phenoxy) is 2. The maximum Gasteiger partial charge on any atom is 0.363 e. The molecule has 0 spiro atoms. The number of rotatable bonds is 5. The first-order valence-corrected chi connectivity index (χ1v) is 7.57. The average Bonchev–Trinajstić information content (AvgIpc) is 2.96. The number of esters is 1. The minimum Gasteiger partial charge on any atom is -0.493 e. The lowest BCUT2D eigenvalue weighted by Crippen LogP contribution is -2.05. The first-order valence-electron chi connectivity index (χ1n) is 7.57.